The maximum absolute atomic E-state index is 10.8. The fourth-order valence-corrected chi connectivity index (χ4v) is 4.45. The topological polar surface area (TPSA) is 98.4 Å². The third-order valence-corrected chi connectivity index (χ3v) is 6.61. The molecular weight excluding hydrogens is 454 g/mol. The lowest BCUT2D eigenvalue weighted by Gasteiger charge is -2.37. The maximum atomic E-state index is 10.8. The Morgan fingerprint density at radius 3 is 2.42 bits per heavy atom. The number of phenols is 2. The van der Waals surface area contributed by atoms with Crippen LogP contribution in [0.15, 0.2) is 78.3 Å². The van der Waals surface area contributed by atoms with Crippen LogP contribution in [0, 0.1) is 5.41 Å². The molecular formula is C29H31N3O4. The Labute approximate surface area is 211 Å². The van der Waals surface area contributed by atoms with Crippen LogP contribution in [-0.4, -0.2) is 36.1 Å². The summed E-state index contributed by atoms with van der Waals surface area (Å²) >= 11 is 0. The quantitative estimate of drug-likeness (QED) is 0.359. The van der Waals surface area contributed by atoms with E-state index in [9.17, 15) is 10.2 Å². The molecule has 4 rings (SSSR count). The molecule has 0 spiro atoms. The van der Waals surface area contributed by atoms with Gasteiger partial charge in [-0.3, -0.25) is 5.41 Å². The number of ether oxygens (including phenoxy) is 2. The summed E-state index contributed by atoms with van der Waals surface area (Å²) in [5.74, 6) is 1.51. The molecule has 3 aromatic rings. The third-order valence-electron chi connectivity index (χ3n) is 6.61. The SMILES string of the molecule is C=CC(C)(C)c1cc(C2CC(c3ccc(O)cc3)=NC(=N)N2c2cccc(OC)c2)c(OC)cc1O. The van der Waals surface area contributed by atoms with Gasteiger partial charge in [-0.25, -0.2) is 4.99 Å². The molecule has 1 heterocycles. The van der Waals surface area contributed by atoms with Gasteiger partial charge in [0.2, 0.25) is 5.96 Å². The number of methoxy groups -OCH3 is 2. The van der Waals surface area contributed by atoms with Crippen LogP contribution in [0.25, 0.3) is 0 Å². The molecule has 1 atom stereocenters. The number of anilines is 1. The van der Waals surface area contributed by atoms with Crippen LogP contribution in [0.4, 0.5) is 5.69 Å². The molecule has 36 heavy (non-hydrogen) atoms. The number of rotatable bonds is 7. The van der Waals surface area contributed by atoms with Crippen molar-refractivity contribution in [3.8, 4) is 23.0 Å². The lowest BCUT2D eigenvalue weighted by molar-refractivity contribution is 0.395. The van der Waals surface area contributed by atoms with Crippen molar-refractivity contribution in [1.29, 1.82) is 5.41 Å². The van der Waals surface area contributed by atoms with Gasteiger partial charge < -0.3 is 24.6 Å². The van der Waals surface area contributed by atoms with Crippen molar-refractivity contribution in [2.75, 3.05) is 19.1 Å². The van der Waals surface area contributed by atoms with E-state index in [4.69, 9.17) is 14.9 Å². The van der Waals surface area contributed by atoms with E-state index in [2.05, 4.69) is 11.6 Å². The molecule has 3 N–H and O–H groups in total. The molecule has 0 fully saturated rings. The first kappa shape index (κ1) is 24.9. The molecule has 7 nitrogen and oxygen atoms in total. The second-order valence-electron chi connectivity index (χ2n) is 9.26. The predicted molar refractivity (Wildman–Crippen MR) is 143 cm³/mol. The van der Waals surface area contributed by atoms with Gasteiger partial charge in [0.1, 0.15) is 23.0 Å². The fourth-order valence-electron chi connectivity index (χ4n) is 4.45. The van der Waals surface area contributed by atoms with E-state index in [0.29, 0.717) is 29.2 Å². The number of aromatic hydroxyl groups is 2. The standard InChI is InChI=1S/C29H31N3O4/c1-6-29(2,3)23-15-22(27(36-5)17-26(23)34)25-16-24(18-10-12-20(33)13-11-18)31-28(30)32(25)19-8-7-9-21(14-19)35-4/h6-15,17,25,30,33-34H,1,16H2,2-5H3. The Bertz CT molecular complexity index is 1330. The number of allylic oxidation sites excluding steroid dienone is 1. The Kier molecular flexibility index (Phi) is 6.75. The molecule has 0 aliphatic carbocycles. The number of hydrogen-bond acceptors (Lipinski definition) is 5. The summed E-state index contributed by atoms with van der Waals surface area (Å²) in [5, 5.41) is 29.5. The molecule has 0 bridgehead atoms. The summed E-state index contributed by atoms with van der Waals surface area (Å²) in [6.45, 7) is 7.91. The van der Waals surface area contributed by atoms with Crippen LogP contribution >= 0.6 is 0 Å². The minimum Gasteiger partial charge on any atom is -0.508 e. The minimum absolute atomic E-state index is 0.0576. The highest BCUT2D eigenvalue weighted by Gasteiger charge is 2.35. The molecule has 3 aromatic carbocycles. The van der Waals surface area contributed by atoms with Gasteiger partial charge >= 0.3 is 0 Å². The van der Waals surface area contributed by atoms with Crippen molar-refractivity contribution in [2.45, 2.75) is 31.7 Å². The first-order chi connectivity index (χ1) is 17.2. The largest absolute Gasteiger partial charge is 0.508 e. The Hall–Kier alpha value is -4.26. The van der Waals surface area contributed by atoms with Crippen molar-refractivity contribution in [3.63, 3.8) is 0 Å². The molecule has 186 valence electrons. The second kappa shape index (κ2) is 9.77. The number of aliphatic imine (C=N–C) groups is 1. The van der Waals surface area contributed by atoms with Gasteiger partial charge in [-0.2, -0.15) is 0 Å². The summed E-state index contributed by atoms with van der Waals surface area (Å²) in [6.07, 6.45) is 2.25. The van der Waals surface area contributed by atoms with Crippen LogP contribution in [0.1, 0.15) is 43.0 Å². The lowest BCUT2D eigenvalue weighted by atomic mass is 9.81. The first-order valence-electron chi connectivity index (χ1n) is 11.6. The zero-order valence-electron chi connectivity index (χ0n) is 20.9. The second-order valence-corrected chi connectivity index (χ2v) is 9.26. The summed E-state index contributed by atoms with van der Waals surface area (Å²) in [6, 6.07) is 17.5. The van der Waals surface area contributed by atoms with E-state index >= 15 is 0 Å². The van der Waals surface area contributed by atoms with Crippen LogP contribution in [-0.2, 0) is 5.41 Å². The van der Waals surface area contributed by atoms with Crippen LogP contribution in [0.3, 0.4) is 0 Å². The van der Waals surface area contributed by atoms with Crippen molar-refractivity contribution in [1.82, 2.24) is 0 Å². The van der Waals surface area contributed by atoms with E-state index in [0.717, 1.165) is 16.8 Å². The van der Waals surface area contributed by atoms with E-state index in [1.165, 1.54) is 0 Å². The van der Waals surface area contributed by atoms with Gasteiger partial charge in [0.15, 0.2) is 0 Å². The Balaban J connectivity index is 1.93. The molecule has 0 aromatic heterocycles. The van der Waals surface area contributed by atoms with Crippen molar-refractivity contribution >= 4 is 17.4 Å². The van der Waals surface area contributed by atoms with Gasteiger partial charge in [-0.1, -0.05) is 26.0 Å². The maximum Gasteiger partial charge on any atom is 0.223 e. The van der Waals surface area contributed by atoms with E-state index < -0.39 is 5.41 Å². The van der Waals surface area contributed by atoms with Gasteiger partial charge in [-0.05, 0) is 48.0 Å². The average molecular weight is 486 g/mol. The highest BCUT2D eigenvalue weighted by atomic mass is 16.5. The predicted octanol–water partition coefficient (Wildman–Crippen LogP) is 5.95. The van der Waals surface area contributed by atoms with Crippen molar-refractivity contribution in [2.24, 2.45) is 4.99 Å². The van der Waals surface area contributed by atoms with Gasteiger partial charge in [0.25, 0.3) is 0 Å². The summed E-state index contributed by atoms with van der Waals surface area (Å²) in [5.41, 5.74) is 3.29. The number of phenolic OH excluding ortho intramolecular Hbond substituents is 2. The molecule has 1 unspecified atom stereocenters. The summed E-state index contributed by atoms with van der Waals surface area (Å²) in [4.78, 5) is 6.47. The number of guanidine groups is 1. The molecule has 0 saturated carbocycles. The third kappa shape index (κ3) is 4.64. The number of benzene rings is 3. The molecule has 0 amide bonds. The molecule has 0 saturated heterocycles. The molecule has 7 heteroatoms. The van der Waals surface area contributed by atoms with E-state index in [-0.39, 0.29) is 23.5 Å². The Morgan fingerprint density at radius 1 is 1.06 bits per heavy atom. The van der Waals surface area contributed by atoms with Crippen molar-refractivity contribution < 1.29 is 19.7 Å². The monoisotopic (exact) mass is 485 g/mol. The highest BCUT2D eigenvalue weighted by molar-refractivity contribution is 6.13. The van der Waals surface area contributed by atoms with Crippen LogP contribution in [0.2, 0.25) is 0 Å². The number of hydrogen-bond donors (Lipinski definition) is 3. The summed E-state index contributed by atoms with van der Waals surface area (Å²) in [7, 11) is 3.17. The zero-order chi connectivity index (χ0) is 26.0. The normalized spacial score (nSPS) is 15.9. The average Bonchev–Trinajstić information content (AvgIpc) is 2.88. The zero-order valence-corrected chi connectivity index (χ0v) is 20.9. The smallest absolute Gasteiger partial charge is 0.223 e. The first-order valence-corrected chi connectivity index (χ1v) is 11.6. The van der Waals surface area contributed by atoms with Gasteiger partial charge in [0.05, 0.1) is 26.0 Å². The minimum atomic E-state index is -0.498. The lowest BCUT2D eigenvalue weighted by Crippen LogP contribution is -2.39. The molecule has 0 radical (unpaired) electrons. The van der Waals surface area contributed by atoms with Crippen LogP contribution < -0.4 is 14.4 Å². The fraction of sp³-hybridized carbons (Fsp3) is 0.241. The van der Waals surface area contributed by atoms with Gasteiger partial charge in [0, 0.05) is 40.8 Å². The van der Waals surface area contributed by atoms with Gasteiger partial charge in [-0.15, -0.1) is 6.58 Å². The highest BCUT2D eigenvalue weighted by Crippen LogP contribution is 2.44. The van der Waals surface area contributed by atoms with E-state index in [1.807, 2.05) is 49.1 Å². The Morgan fingerprint density at radius 2 is 1.78 bits per heavy atom. The number of nitrogens with zero attached hydrogens (tertiary/aromatic N) is 2. The van der Waals surface area contributed by atoms with Crippen molar-refractivity contribution in [3.05, 3.63) is 90.0 Å². The van der Waals surface area contributed by atoms with Crippen LogP contribution in [0.5, 0.6) is 23.0 Å². The molecule has 1 aliphatic rings. The molecule has 1 aliphatic heterocycles. The van der Waals surface area contributed by atoms with E-state index in [1.54, 1.807) is 50.6 Å². The summed E-state index contributed by atoms with van der Waals surface area (Å²) < 4.78 is 11.2. The number of nitrogens with one attached hydrogen (secondary N) is 1.